The molecule has 0 aliphatic carbocycles. The van der Waals surface area contributed by atoms with Crippen LogP contribution in [0.2, 0.25) is 5.02 Å². The predicted molar refractivity (Wildman–Crippen MR) is 150 cm³/mol. The summed E-state index contributed by atoms with van der Waals surface area (Å²) in [5, 5.41) is 3.06. The van der Waals surface area contributed by atoms with Crippen molar-refractivity contribution >= 4 is 39.0 Å². The molecule has 4 aromatic carbocycles. The van der Waals surface area contributed by atoms with Crippen molar-refractivity contribution in [2.24, 2.45) is 0 Å². The average Bonchev–Trinajstić information content (AvgIpc) is 2.89. The maximum atomic E-state index is 13.6. The third kappa shape index (κ3) is 6.55. The van der Waals surface area contributed by atoms with Crippen molar-refractivity contribution in [3.63, 3.8) is 0 Å². The van der Waals surface area contributed by atoms with Crippen LogP contribution in [0.25, 0.3) is 0 Å². The largest absolute Gasteiger partial charge is 0.324 e. The fourth-order valence-electron chi connectivity index (χ4n) is 4.01. The van der Waals surface area contributed by atoms with Crippen LogP contribution in [0.1, 0.15) is 32.6 Å². The van der Waals surface area contributed by atoms with Gasteiger partial charge in [0.25, 0.3) is 0 Å². The molecular formula is C30H27ClN2O4S. The minimum Gasteiger partial charge on any atom is -0.324 e. The number of anilines is 1. The highest BCUT2D eigenvalue weighted by atomic mass is 35.5. The summed E-state index contributed by atoms with van der Waals surface area (Å²) in [7, 11) is -4.01. The number of ketones is 1. The van der Waals surface area contributed by atoms with Gasteiger partial charge < -0.3 is 5.32 Å². The number of amides is 1. The second kappa shape index (κ2) is 11.7. The molecule has 38 heavy (non-hydrogen) atoms. The molecule has 0 radical (unpaired) electrons. The van der Waals surface area contributed by atoms with Gasteiger partial charge in [0.15, 0.2) is 5.78 Å². The summed E-state index contributed by atoms with van der Waals surface area (Å²) in [6.45, 7) is 3.34. The van der Waals surface area contributed by atoms with Crippen molar-refractivity contribution in [2.45, 2.75) is 25.3 Å². The summed E-state index contributed by atoms with van der Waals surface area (Å²) < 4.78 is 28.3. The Morgan fingerprint density at radius 3 is 2.21 bits per heavy atom. The zero-order valence-corrected chi connectivity index (χ0v) is 22.6. The van der Waals surface area contributed by atoms with Crippen LogP contribution in [-0.4, -0.2) is 31.0 Å². The summed E-state index contributed by atoms with van der Waals surface area (Å²) in [6.07, 6.45) is 0. The molecule has 6 nitrogen and oxygen atoms in total. The zero-order chi connectivity index (χ0) is 27.3. The normalized spacial score (nSPS) is 11.4. The first kappa shape index (κ1) is 27.3. The molecule has 0 unspecified atom stereocenters. The Hall–Kier alpha value is -3.78. The Morgan fingerprint density at radius 2 is 1.53 bits per heavy atom. The summed E-state index contributed by atoms with van der Waals surface area (Å²) in [5.41, 5.74) is 3.54. The van der Waals surface area contributed by atoms with E-state index in [2.05, 4.69) is 5.32 Å². The molecule has 0 aromatic heterocycles. The average molecular weight is 547 g/mol. The lowest BCUT2D eigenvalue weighted by Crippen LogP contribution is -2.37. The third-order valence-electron chi connectivity index (χ3n) is 5.96. The van der Waals surface area contributed by atoms with Gasteiger partial charge in [0, 0.05) is 22.7 Å². The van der Waals surface area contributed by atoms with Crippen LogP contribution in [-0.2, 0) is 21.4 Å². The van der Waals surface area contributed by atoms with Crippen molar-refractivity contribution in [2.75, 3.05) is 11.9 Å². The quantitative estimate of drug-likeness (QED) is 0.260. The zero-order valence-electron chi connectivity index (χ0n) is 21.0. The van der Waals surface area contributed by atoms with Gasteiger partial charge in [0.2, 0.25) is 15.9 Å². The molecule has 4 aromatic rings. The molecule has 0 spiro atoms. The topological polar surface area (TPSA) is 83.6 Å². The number of nitrogens with zero attached hydrogens (tertiary/aromatic N) is 1. The second-order valence-corrected chi connectivity index (χ2v) is 11.4. The molecule has 0 heterocycles. The van der Waals surface area contributed by atoms with Gasteiger partial charge in [-0.05, 0) is 49.7 Å². The molecule has 8 heteroatoms. The molecule has 0 aliphatic rings. The highest BCUT2D eigenvalue weighted by molar-refractivity contribution is 7.89. The number of hydrogen-bond acceptors (Lipinski definition) is 4. The molecule has 0 saturated carbocycles. The first-order valence-electron chi connectivity index (χ1n) is 11.9. The summed E-state index contributed by atoms with van der Waals surface area (Å²) >= 11 is 6.16. The monoisotopic (exact) mass is 546 g/mol. The molecule has 1 N–H and O–H groups in total. The summed E-state index contributed by atoms with van der Waals surface area (Å²) in [6, 6.07) is 27.2. The van der Waals surface area contributed by atoms with E-state index in [1.807, 2.05) is 38.1 Å². The first-order chi connectivity index (χ1) is 18.1. The van der Waals surface area contributed by atoms with E-state index in [1.54, 1.807) is 48.5 Å². The summed E-state index contributed by atoms with van der Waals surface area (Å²) in [5.74, 6) is -0.898. The van der Waals surface area contributed by atoms with E-state index in [9.17, 15) is 18.0 Å². The van der Waals surface area contributed by atoms with E-state index in [4.69, 9.17) is 11.6 Å². The van der Waals surface area contributed by atoms with Gasteiger partial charge in [0.05, 0.1) is 17.1 Å². The molecule has 0 saturated heterocycles. The molecule has 0 atom stereocenters. The fourth-order valence-corrected chi connectivity index (χ4v) is 5.56. The number of aryl methyl sites for hydroxylation is 2. The van der Waals surface area contributed by atoms with Crippen LogP contribution in [0.15, 0.2) is 102 Å². The Morgan fingerprint density at radius 1 is 0.816 bits per heavy atom. The number of sulfonamides is 1. The van der Waals surface area contributed by atoms with Crippen LogP contribution < -0.4 is 5.32 Å². The predicted octanol–water partition coefficient (Wildman–Crippen LogP) is 6.02. The lowest BCUT2D eigenvalue weighted by molar-refractivity contribution is -0.116. The van der Waals surface area contributed by atoms with Gasteiger partial charge in [-0.2, -0.15) is 4.31 Å². The van der Waals surface area contributed by atoms with Crippen molar-refractivity contribution in [3.8, 4) is 0 Å². The Balaban J connectivity index is 1.63. The first-order valence-corrected chi connectivity index (χ1v) is 13.8. The SMILES string of the molecule is Cc1ccc(S(=O)(=O)N(CC(=O)Nc2ccc(Cl)cc2C(=O)c2ccccc2)Cc2cccc(C)c2)cc1. The number of rotatable bonds is 9. The molecular weight excluding hydrogens is 520 g/mol. The van der Waals surface area contributed by atoms with Crippen LogP contribution in [0, 0.1) is 13.8 Å². The molecule has 0 fully saturated rings. The van der Waals surface area contributed by atoms with Gasteiger partial charge in [-0.25, -0.2) is 8.42 Å². The van der Waals surface area contributed by atoms with Crippen LogP contribution >= 0.6 is 11.6 Å². The van der Waals surface area contributed by atoms with Crippen LogP contribution in [0.5, 0.6) is 0 Å². The van der Waals surface area contributed by atoms with Crippen molar-refractivity contribution in [1.82, 2.24) is 4.31 Å². The smallest absolute Gasteiger partial charge is 0.243 e. The number of hydrogen-bond donors (Lipinski definition) is 1. The Labute approximate surface area is 227 Å². The lowest BCUT2D eigenvalue weighted by atomic mass is 10.0. The van der Waals surface area contributed by atoms with Gasteiger partial charge in [-0.15, -0.1) is 0 Å². The van der Waals surface area contributed by atoms with Gasteiger partial charge in [-0.1, -0.05) is 89.5 Å². The van der Waals surface area contributed by atoms with Crippen molar-refractivity contribution < 1.29 is 18.0 Å². The van der Waals surface area contributed by atoms with E-state index in [0.29, 0.717) is 10.6 Å². The van der Waals surface area contributed by atoms with Crippen molar-refractivity contribution in [1.29, 1.82) is 0 Å². The van der Waals surface area contributed by atoms with Crippen molar-refractivity contribution in [3.05, 3.63) is 130 Å². The number of halogens is 1. The maximum Gasteiger partial charge on any atom is 0.243 e. The number of nitrogens with one attached hydrogen (secondary N) is 1. The number of carbonyl (C=O) groups excluding carboxylic acids is 2. The Bertz CT molecular complexity index is 1570. The van der Waals surface area contributed by atoms with Gasteiger partial charge in [-0.3, -0.25) is 9.59 Å². The third-order valence-corrected chi connectivity index (χ3v) is 8.00. The minimum absolute atomic E-state index is 0.00172. The van der Waals surface area contributed by atoms with E-state index in [-0.39, 0.29) is 28.5 Å². The van der Waals surface area contributed by atoms with Crippen LogP contribution in [0.4, 0.5) is 5.69 Å². The molecule has 0 aliphatic heterocycles. The molecule has 1 amide bonds. The van der Waals surface area contributed by atoms with Gasteiger partial charge in [0.1, 0.15) is 0 Å². The Kier molecular flexibility index (Phi) is 8.42. The standard InChI is InChI=1S/C30H27ClN2O4S/c1-21-11-14-26(15-12-21)38(36,37)33(19-23-8-6-7-22(2)17-23)20-29(34)32-28-16-13-25(31)18-27(28)30(35)24-9-4-3-5-10-24/h3-18H,19-20H2,1-2H3,(H,32,34). The van der Waals surface area contributed by atoms with E-state index in [0.717, 1.165) is 21.0 Å². The maximum absolute atomic E-state index is 13.6. The van der Waals surface area contributed by atoms with Gasteiger partial charge >= 0.3 is 0 Å². The fraction of sp³-hybridized carbons (Fsp3) is 0.133. The van der Waals surface area contributed by atoms with E-state index < -0.39 is 22.5 Å². The van der Waals surface area contributed by atoms with Crippen LogP contribution in [0.3, 0.4) is 0 Å². The number of benzene rings is 4. The number of carbonyl (C=O) groups is 2. The molecule has 4 rings (SSSR count). The molecule has 0 bridgehead atoms. The second-order valence-electron chi connectivity index (χ2n) is 9.01. The highest BCUT2D eigenvalue weighted by Gasteiger charge is 2.27. The molecule has 194 valence electrons. The minimum atomic E-state index is -4.01. The van der Waals surface area contributed by atoms with E-state index in [1.165, 1.54) is 24.3 Å². The summed E-state index contributed by atoms with van der Waals surface area (Å²) in [4.78, 5) is 26.5. The van der Waals surface area contributed by atoms with E-state index >= 15 is 0 Å². The highest BCUT2D eigenvalue weighted by Crippen LogP contribution is 2.25. The lowest BCUT2D eigenvalue weighted by Gasteiger charge is -2.22.